The first-order valence-corrected chi connectivity index (χ1v) is 5.03. The van der Waals surface area contributed by atoms with Gasteiger partial charge in [-0.15, -0.1) is 6.58 Å². The molecule has 14 heavy (non-hydrogen) atoms. The van der Waals surface area contributed by atoms with Crippen molar-refractivity contribution in [3.05, 3.63) is 25.1 Å². The van der Waals surface area contributed by atoms with Crippen LogP contribution < -0.4 is 0 Å². The maximum atomic E-state index is 7.18. The Bertz CT molecular complexity index is 220. The topological polar surface area (TPSA) is 30.3 Å². The molecule has 0 radical (unpaired) electrons. The Morgan fingerprint density at radius 1 is 1.57 bits per heavy atom. The van der Waals surface area contributed by atoms with E-state index in [9.17, 15) is 0 Å². The van der Waals surface area contributed by atoms with Crippen molar-refractivity contribution in [3.63, 3.8) is 0 Å². The van der Waals surface area contributed by atoms with Gasteiger partial charge in [-0.25, -0.2) is 0 Å². The van der Waals surface area contributed by atoms with Gasteiger partial charge in [-0.1, -0.05) is 25.6 Å². The van der Waals surface area contributed by atoms with Crippen molar-refractivity contribution in [2.75, 3.05) is 19.8 Å². The molecule has 0 aromatic heterocycles. The molecule has 0 atom stereocenters. The Morgan fingerprint density at radius 3 is 2.64 bits per heavy atom. The van der Waals surface area contributed by atoms with Gasteiger partial charge in [0.15, 0.2) is 0 Å². The zero-order valence-electron chi connectivity index (χ0n) is 8.56. The minimum absolute atomic E-state index is 0.955. The van der Waals surface area contributed by atoms with E-state index in [1.165, 1.54) is 11.8 Å². The van der Waals surface area contributed by atoms with Crippen molar-refractivity contribution >= 4 is 12.6 Å². The predicted molar refractivity (Wildman–Crippen MR) is 62.5 cm³/mol. The fourth-order valence-electron chi connectivity index (χ4n) is 1.23. The van der Waals surface area contributed by atoms with Crippen molar-refractivity contribution in [1.82, 2.24) is 9.80 Å². The van der Waals surface area contributed by atoms with Gasteiger partial charge in [0.05, 0.1) is 6.67 Å². The van der Waals surface area contributed by atoms with E-state index in [2.05, 4.69) is 48.3 Å². The molecule has 78 valence electrons. The number of hydrogen-bond donors (Lipinski definition) is 1. The summed E-state index contributed by atoms with van der Waals surface area (Å²) in [6, 6.07) is 0. The first kappa shape index (κ1) is 12.9. The van der Waals surface area contributed by atoms with Crippen LogP contribution >= 0.6 is 12.6 Å². The number of thiocyanates is 1. The second kappa shape index (κ2) is 8.52. The molecular weight excluding hydrogens is 194 g/mol. The summed E-state index contributed by atoms with van der Waals surface area (Å²) >= 11 is 3.09. The number of nitriles is 1. The summed E-state index contributed by atoms with van der Waals surface area (Å²) in [7, 11) is 0. The molecule has 0 amide bonds. The molecule has 0 N–H and O–H groups in total. The number of hydrogen-bond acceptors (Lipinski definition) is 4. The summed E-state index contributed by atoms with van der Waals surface area (Å²) in [5.41, 5.74) is 0. The highest BCUT2D eigenvalue weighted by molar-refractivity contribution is 7.85. The van der Waals surface area contributed by atoms with Crippen LogP contribution in [-0.2, 0) is 0 Å². The fourth-order valence-corrected chi connectivity index (χ4v) is 1.23. The van der Waals surface area contributed by atoms with Gasteiger partial charge < -0.3 is 9.80 Å². The normalized spacial score (nSPS) is 13.2. The van der Waals surface area contributed by atoms with Gasteiger partial charge in [0.25, 0.3) is 0 Å². The molecule has 0 saturated carbocycles. The van der Waals surface area contributed by atoms with Crippen LogP contribution in [-0.4, -0.2) is 29.6 Å². The molecule has 0 aromatic carbocycles. The molecule has 1 aliphatic rings. The Hall–Kier alpha value is -1.08. The monoisotopic (exact) mass is 211 g/mol. The largest absolute Gasteiger partial charge is 0.359 e. The highest BCUT2D eigenvalue weighted by Gasteiger charge is 2.08. The molecule has 0 fully saturated rings. The van der Waals surface area contributed by atoms with Gasteiger partial charge in [-0.3, -0.25) is 0 Å². The summed E-state index contributed by atoms with van der Waals surface area (Å²) in [6.07, 6.45) is 7.41. The second-order valence-electron chi connectivity index (χ2n) is 2.91. The molecule has 0 bridgehead atoms. The summed E-state index contributed by atoms with van der Waals surface area (Å²) in [4.78, 5) is 4.55. The van der Waals surface area contributed by atoms with Crippen LogP contribution in [0.4, 0.5) is 0 Å². The van der Waals surface area contributed by atoms with Gasteiger partial charge in [-0.05, 0) is 6.42 Å². The van der Waals surface area contributed by atoms with E-state index in [1.54, 1.807) is 0 Å². The Balaban J connectivity index is 0.000000500. The summed E-state index contributed by atoms with van der Waals surface area (Å²) in [6.45, 7) is 9.04. The zero-order chi connectivity index (χ0) is 10.8. The molecule has 0 saturated heterocycles. The molecule has 4 heteroatoms. The van der Waals surface area contributed by atoms with Crippen LogP contribution in [0.25, 0.3) is 0 Å². The number of rotatable bonds is 4. The standard InChI is InChI=1S/C9H16N2.CHNS/c1-3-5-10-7-8-11(9-10)6-4-2;2-1-3/h3,7-8H,1,4-6,9H2,2H3;3H. The van der Waals surface area contributed by atoms with Crippen LogP contribution in [0.5, 0.6) is 0 Å². The lowest BCUT2D eigenvalue weighted by Crippen LogP contribution is -2.25. The lowest BCUT2D eigenvalue weighted by atomic mass is 10.4. The summed E-state index contributed by atoms with van der Waals surface area (Å²) in [5.74, 6) is 0. The molecule has 0 aliphatic carbocycles. The third-order valence-electron chi connectivity index (χ3n) is 1.73. The molecule has 0 unspecified atom stereocenters. The van der Waals surface area contributed by atoms with Crippen molar-refractivity contribution in [3.8, 4) is 5.40 Å². The maximum Gasteiger partial charge on any atom is 0.130 e. The Labute approximate surface area is 91.7 Å². The molecule has 0 aromatic rings. The Morgan fingerprint density at radius 2 is 2.14 bits per heavy atom. The van der Waals surface area contributed by atoms with E-state index in [0.717, 1.165) is 19.8 Å². The average Bonchev–Trinajstić information content (AvgIpc) is 2.55. The SMILES string of the molecule is C=CCN1C=CN(CCC)C1.N#CS. The van der Waals surface area contributed by atoms with Gasteiger partial charge in [0, 0.05) is 25.5 Å². The highest BCUT2D eigenvalue weighted by atomic mass is 32.1. The third-order valence-corrected chi connectivity index (χ3v) is 1.73. The van der Waals surface area contributed by atoms with E-state index in [1.807, 2.05) is 6.08 Å². The summed E-state index contributed by atoms with van der Waals surface area (Å²) < 4.78 is 0. The van der Waals surface area contributed by atoms with Gasteiger partial charge in [0.2, 0.25) is 0 Å². The Kier molecular flexibility index (Phi) is 7.86. The highest BCUT2D eigenvalue weighted by Crippen LogP contribution is 2.05. The van der Waals surface area contributed by atoms with Crippen molar-refractivity contribution in [2.24, 2.45) is 0 Å². The molecule has 3 nitrogen and oxygen atoms in total. The van der Waals surface area contributed by atoms with Gasteiger partial charge in [0.1, 0.15) is 5.40 Å². The first-order chi connectivity index (χ1) is 6.78. The van der Waals surface area contributed by atoms with Crippen LogP contribution in [0.2, 0.25) is 0 Å². The molecule has 1 rings (SSSR count). The minimum Gasteiger partial charge on any atom is -0.359 e. The van der Waals surface area contributed by atoms with Crippen LogP contribution in [0.1, 0.15) is 13.3 Å². The van der Waals surface area contributed by atoms with Crippen molar-refractivity contribution in [1.29, 1.82) is 5.26 Å². The summed E-state index contributed by atoms with van der Waals surface area (Å²) in [5, 5.41) is 8.63. The minimum atomic E-state index is 0.955. The average molecular weight is 211 g/mol. The number of nitrogens with zero attached hydrogens (tertiary/aromatic N) is 3. The van der Waals surface area contributed by atoms with Crippen LogP contribution in [0.15, 0.2) is 25.1 Å². The lowest BCUT2D eigenvalue weighted by Gasteiger charge is -2.19. The van der Waals surface area contributed by atoms with E-state index in [-0.39, 0.29) is 0 Å². The maximum absolute atomic E-state index is 7.18. The lowest BCUT2D eigenvalue weighted by molar-refractivity contribution is 0.281. The van der Waals surface area contributed by atoms with Crippen molar-refractivity contribution < 1.29 is 0 Å². The smallest absolute Gasteiger partial charge is 0.130 e. The number of thiol groups is 1. The third kappa shape index (κ3) is 5.55. The predicted octanol–water partition coefficient (Wildman–Crippen LogP) is 2.03. The molecule has 1 aliphatic heterocycles. The van der Waals surface area contributed by atoms with Gasteiger partial charge >= 0.3 is 0 Å². The van der Waals surface area contributed by atoms with E-state index >= 15 is 0 Å². The van der Waals surface area contributed by atoms with Crippen LogP contribution in [0, 0.1) is 10.7 Å². The second-order valence-corrected chi connectivity index (χ2v) is 3.11. The van der Waals surface area contributed by atoms with E-state index in [0.29, 0.717) is 0 Å². The molecular formula is C10H17N3S. The zero-order valence-corrected chi connectivity index (χ0v) is 9.45. The first-order valence-electron chi connectivity index (χ1n) is 4.59. The van der Waals surface area contributed by atoms with Crippen LogP contribution in [0.3, 0.4) is 0 Å². The molecule has 0 spiro atoms. The van der Waals surface area contributed by atoms with Crippen molar-refractivity contribution in [2.45, 2.75) is 13.3 Å². The van der Waals surface area contributed by atoms with E-state index in [4.69, 9.17) is 5.26 Å². The fraction of sp³-hybridized carbons (Fsp3) is 0.500. The van der Waals surface area contributed by atoms with Gasteiger partial charge in [-0.2, -0.15) is 5.26 Å². The quantitative estimate of drug-likeness (QED) is 0.438. The van der Waals surface area contributed by atoms with E-state index < -0.39 is 0 Å². The molecule has 1 heterocycles.